The fraction of sp³-hybridized carbons (Fsp3) is 0.417. The number of rotatable bonds is 8. The first-order valence-corrected chi connectivity index (χ1v) is 11.6. The van der Waals surface area contributed by atoms with E-state index in [1.165, 1.54) is 11.1 Å². The molecule has 0 aliphatic rings. The molecule has 0 saturated heterocycles. The third kappa shape index (κ3) is 8.04. The number of carbonyl (C=O) groups excluding carboxylic acids is 2. The van der Waals surface area contributed by atoms with Crippen molar-refractivity contribution in [2.24, 2.45) is 0 Å². The SMILES string of the molecule is Cc1cccc(CSCC(=O)N(Cc2cccc(Cl)c2)[C@@H](C)C(=O)NC(C)(C)C)c1. The van der Waals surface area contributed by atoms with Crippen molar-refractivity contribution in [3.63, 3.8) is 0 Å². The lowest BCUT2D eigenvalue weighted by atomic mass is 10.1. The molecule has 2 amide bonds. The highest BCUT2D eigenvalue weighted by molar-refractivity contribution is 7.99. The van der Waals surface area contributed by atoms with Crippen molar-refractivity contribution in [3.8, 4) is 0 Å². The molecule has 1 atom stereocenters. The molecule has 0 saturated carbocycles. The van der Waals surface area contributed by atoms with Gasteiger partial charge < -0.3 is 10.2 Å². The average Bonchev–Trinajstić information content (AvgIpc) is 2.64. The Morgan fingerprint density at radius 1 is 1.10 bits per heavy atom. The van der Waals surface area contributed by atoms with Crippen LogP contribution in [0.3, 0.4) is 0 Å². The summed E-state index contributed by atoms with van der Waals surface area (Å²) in [6.45, 7) is 9.95. The van der Waals surface area contributed by atoms with E-state index in [-0.39, 0.29) is 17.4 Å². The lowest BCUT2D eigenvalue weighted by Gasteiger charge is -2.31. The van der Waals surface area contributed by atoms with Gasteiger partial charge in [0.05, 0.1) is 5.75 Å². The highest BCUT2D eigenvalue weighted by Crippen LogP contribution is 2.18. The molecule has 0 radical (unpaired) electrons. The fourth-order valence-corrected chi connectivity index (χ4v) is 4.10. The maximum Gasteiger partial charge on any atom is 0.242 e. The number of benzene rings is 2. The summed E-state index contributed by atoms with van der Waals surface area (Å²) in [5, 5.41) is 3.59. The second kappa shape index (κ2) is 10.9. The van der Waals surface area contributed by atoms with Gasteiger partial charge in [-0.3, -0.25) is 9.59 Å². The molecule has 0 bridgehead atoms. The second-order valence-electron chi connectivity index (χ2n) is 8.55. The highest BCUT2D eigenvalue weighted by atomic mass is 35.5. The number of hydrogen-bond donors (Lipinski definition) is 1. The lowest BCUT2D eigenvalue weighted by Crippen LogP contribution is -2.52. The van der Waals surface area contributed by atoms with Crippen molar-refractivity contribution in [1.82, 2.24) is 10.2 Å². The van der Waals surface area contributed by atoms with Gasteiger partial charge in [0.1, 0.15) is 6.04 Å². The molecular weight excluding hydrogens is 416 g/mol. The summed E-state index contributed by atoms with van der Waals surface area (Å²) >= 11 is 7.67. The highest BCUT2D eigenvalue weighted by Gasteiger charge is 2.28. The smallest absolute Gasteiger partial charge is 0.242 e. The predicted octanol–water partition coefficient (Wildman–Crippen LogP) is 5.21. The summed E-state index contributed by atoms with van der Waals surface area (Å²) < 4.78 is 0. The van der Waals surface area contributed by atoms with Crippen molar-refractivity contribution in [3.05, 3.63) is 70.2 Å². The van der Waals surface area contributed by atoms with E-state index in [9.17, 15) is 9.59 Å². The first-order chi connectivity index (χ1) is 14.0. The van der Waals surface area contributed by atoms with Gasteiger partial charge in [-0.05, 0) is 57.9 Å². The van der Waals surface area contributed by atoms with Gasteiger partial charge in [-0.15, -0.1) is 11.8 Å². The van der Waals surface area contributed by atoms with Crippen LogP contribution in [0.1, 0.15) is 44.4 Å². The number of thioether (sulfide) groups is 1. The van der Waals surface area contributed by atoms with E-state index < -0.39 is 6.04 Å². The molecule has 4 nitrogen and oxygen atoms in total. The van der Waals surface area contributed by atoms with Gasteiger partial charge in [0.15, 0.2) is 0 Å². The molecule has 0 aliphatic heterocycles. The van der Waals surface area contributed by atoms with Gasteiger partial charge in [0.25, 0.3) is 0 Å². The Bertz CT molecular complexity index is 880. The first kappa shape index (κ1) is 24.3. The van der Waals surface area contributed by atoms with Crippen LogP contribution in [0.15, 0.2) is 48.5 Å². The molecule has 0 heterocycles. The molecule has 2 aromatic rings. The zero-order valence-corrected chi connectivity index (χ0v) is 19.9. The van der Waals surface area contributed by atoms with Gasteiger partial charge in [0.2, 0.25) is 11.8 Å². The standard InChI is InChI=1S/C24H31ClN2O2S/c1-17-8-6-10-20(12-17)15-30-16-22(28)27(14-19-9-7-11-21(25)13-19)18(2)23(29)26-24(3,4)5/h6-13,18H,14-16H2,1-5H3,(H,26,29)/t18-/m0/s1. The van der Waals surface area contributed by atoms with Gasteiger partial charge >= 0.3 is 0 Å². The summed E-state index contributed by atoms with van der Waals surface area (Å²) in [4.78, 5) is 27.5. The molecule has 0 aromatic heterocycles. The minimum Gasteiger partial charge on any atom is -0.350 e. The number of aryl methyl sites for hydroxylation is 1. The van der Waals surface area contributed by atoms with E-state index in [2.05, 4.69) is 30.4 Å². The molecule has 2 rings (SSSR count). The summed E-state index contributed by atoms with van der Waals surface area (Å²) in [5.41, 5.74) is 2.92. The fourth-order valence-electron chi connectivity index (χ4n) is 3.03. The first-order valence-electron chi connectivity index (χ1n) is 10.0. The number of nitrogens with zero attached hydrogens (tertiary/aromatic N) is 1. The Morgan fingerprint density at radius 3 is 2.40 bits per heavy atom. The maximum absolute atomic E-state index is 13.1. The van der Waals surface area contributed by atoms with Crippen molar-refractivity contribution in [2.45, 2.75) is 58.5 Å². The second-order valence-corrected chi connectivity index (χ2v) is 9.97. The molecular formula is C24H31ClN2O2S. The van der Waals surface area contributed by atoms with Crippen molar-refractivity contribution in [1.29, 1.82) is 0 Å². The lowest BCUT2D eigenvalue weighted by molar-refractivity contribution is -0.139. The van der Waals surface area contributed by atoms with Crippen LogP contribution in [0.2, 0.25) is 5.02 Å². The quantitative estimate of drug-likeness (QED) is 0.605. The Labute approximate surface area is 189 Å². The van der Waals surface area contributed by atoms with E-state index in [0.717, 1.165) is 11.3 Å². The summed E-state index contributed by atoms with van der Waals surface area (Å²) in [5.74, 6) is 0.827. The topological polar surface area (TPSA) is 49.4 Å². The van der Waals surface area contributed by atoms with E-state index in [1.807, 2.05) is 45.0 Å². The van der Waals surface area contributed by atoms with Gasteiger partial charge in [-0.2, -0.15) is 0 Å². The van der Waals surface area contributed by atoms with Crippen LogP contribution in [0.5, 0.6) is 0 Å². The van der Waals surface area contributed by atoms with Gasteiger partial charge in [-0.1, -0.05) is 53.6 Å². The van der Waals surface area contributed by atoms with E-state index in [1.54, 1.807) is 29.7 Å². The predicted molar refractivity (Wildman–Crippen MR) is 127 cm³/mol. The van der Waals surface area contributed by atoms with E-state index in [4.69, 9.17) is 11.6 Å². The van der Waals surface area contributed by atoms with Crippen LogP contribution >= 0.6 is 23.4 Å². The van der Waals surface area contributed by atoms with Crippen molar-refractivity contribution < 1.29 is 9.59 Å². The minimum atomic E-state index is -0.588. The minimum absolute atomic E-state index is 0.0656. The Hall–Kier alpha value is -1.98. The van der Waals surface area contributed by atoms with E-state index >= 15 is 0 Å². The third-order valence-corrected chi connectivity index (χ3v) is 5.71. The molecule has 6 heteroatoms. The summed E-state index contributed by atoms with van der Waals surface area (Å²) in [6, 6.07) is 15.1. The van der Waals surface area contributed by atoms with E-state index in [0.29, 0.717) is 17.3 Å². The van der Waals surface area contributed by atoms with Crippen molar-refractivity contribution >= 4 is 35.2 Å². The number of halogens is 1. The maximum atomic E-state index is 13.1. The molecule has 0 unspecified atom stereocenters. The number of amides is 2. The zero-order valence-electron chi connectivity index (χ0n) is 18.4. The van der Waals surface area contributed by atoms with Crippen LogP contribution in [-0.4, -0.2) is 34.0 Å². The Balaban J connectivity index is 2.10. The van der Waals surface area contributed by atoms with Gasteiger partial charge in [0, 0.05) is 22.9 Å². The van der Waals surface area contributed by atoms with Crippen LogP contribution in [0.4, 0.5) is 0 Å². The third-order valence-electron chi connectivity index (χ3n) is 4.48. The van der Waals surface area contributed by atoms with Crippen LogP contribution < -0.4 is 5.32 Å². The monoisotopic (exact) mass is 446 g/mol. The average molecular weight is 447 g/mol. The molecule has 2 aromatic carbocycles. The molecule has 0 spiro atoms. The van der Waals surface area contributed by atoms with Crippen LogP contribution in [0, 0.1) is 6.92 Å². The van der Waals surface area contributed by atoms with Crippen molar-refractivity contribution in [2.75, 3.05) is 5.75 Å². The largest absolute Gasteiger partial charge is 0.350 e. The van der Waals surface area contributed by atoms with Crippen LogP contribution in [0.25, 0.3) is 0 Å². The normalized spacial score (nSPS) is 12.3. The Morgan fingerprint density at radius 2 is 1.77 bits per heavy atom. The summed E-state index contributed by atoms with van der Waals surface area (Å²) in [7, 11) is 0. The summed E-state index contributed by atoms with van der Waals surface area (Å²) in [6.07, 6.45) is 0. The Kier molecular flexibility index (Phi) is 8.80. The number of hydrogen-bond acceptors (Lipinski definition) is 3. The zero-order chi connectivity index (χ0) is 22.3. The molecule has 0 aliphatic carbocycles. The molecule has 30 heavy (non-hydrogen) atoms. The van der Waals surface area contributed by atoms with Gasteiger partial charge in [-0.25, -0.2) is 0 Å². The number of carbonyl (C=O) groups is 2. The number of nitrogens with one attached hydrogen (secondary N) is 1. The van der Waals surface area contributed by atoms with Crippen LogP contribution in [-0.2, 0) is 21.9 Å². The molecule has 0 fully saturated rings. The molecule has 162 valence electrons. The molecule has 1 N–H and O–H groups in total.